The summed E-state index contributed by atoms with van der Waals surface area (Å²) < 4.78 is 32.9. The molecule has 1 amide bonds. The summed E-state index contributed by atoms with van der Waals surface area (Å²) in [6.07, 6.45) is 10.6. The molecule has 8 unspecified atom stereocenters. The summed E-state index contributed by atoms with van der Waals surface area (Å²) in [5.74, 6) is -6.15. The molecule has 1 aromatic rings. The highest BCUT2D eigenvalue weighted by molar-refractivity contribution is 6.11. The van der Waals surface area contributed by atoms with Gasteiger partial charge in [0.15, 0.2) is 34.6 Å². The van der Waals surface area contributed by atoms with E-state index in [0.29, 0.717) is 42.8 Å². The molecule has 0 radical (unpaired) electrons. The van der Waals surface area contributed by atoms with Crippen molar-refractivity contribution >= 4 is 35.5 Å². The quantitative estimate of drug-likeness (QED) is 0.0644. The molecule has 1 aromatic carbocycles. The lowest BCUT2D eigenvalue weighted by molar-refractivity contribution is -0.211. The van der Waals surface area contributed by atoms with Crippen LogP contribution in [-0.2, 0) is 35.1 Å². The maximum atomic E-state index is 16.2. The highest BCUT2D eigenvalue weighted by Gasteiger charge is 2.86. The normalized spacial score (nSPS) is 29.7. The molecule has 346 valence electrons. The third-order valence-corrected chi connectivity index (χ3v) is 14.6. The molecule has 2 saturated heterocycles. The number of Topliss-reactive ketones (excluding diaryl/α,β-unsaturated/α-hetero) is 2. The number of rotatable bonds is 13. The second-order valence-corrected chi connectivity index (χ2v) is 19.9. The molecule has 1 spiro atoms. The molecule has 65 heavy (non-hydrogen) atoms. The molecule has 5 fully saturated rings. The van der Waals surface area contributed by atoms with E-state index < -0.39 is 75.6 Å². The molecule has 8 rings (SSSR count). The number of ketones is 2. The van der Waals surface area contributed by atoms with Crippen molar-refractivity contribution < 1.29 is 47.7 Å². The fourth-order valence-electron chi connectivity index (χ4n) is 11.3. The predicted octanol–water partition coefficient (Wildman–Crippen LogP) is 7.20. The van der Waals surface area contributed by atoms with Gasteiger partial charge in [-0.1, -0.05) is 29.4 Å². The Labute approximate surface area is 382 Å². The number of hydrogen-bond donors (Lipinski definition) is 0. The topological polar surface area (TPSA) is 166 Å². The van der Waals surface area contributed by atoms with E-state index in [4.69, 9.17) is 30.3 Å². The Morgan fingerprint density at radius 2 is 1.69 bits per heavy atom. The van der Waals surface area contributed by atoms with E-state index in [1.807, 2.05) is 73.7 Å². The molecule has 4 aliphatic heterocycles. The van der Waals surface area contributed by atoms with Gasteiger partial charge < -0.3 is 33.5 Å². The van der Waals surface area contributed by atoms with Crippen LogP contribution in [0.2, 0.25) is 0 Å². The van der Waals surface area contributed by atoms with Crippen molar-refractivity contribution in [3.63, 3.8) is 0 Å². The molecule has 14 heteroatoms. The number of piperazine rings is 1. The van der Waals surface area contributed by atoms with E-state index in [-0.39, 0.29) is 60.6 Å². The van der Waals surface area contributed by atoms with Gasteiger partial charge in [0, 0.05) is 62.0 Å². The highest BCUT2D eigenvalue weighted by atomic mass is 16.6. The number of fused-ring (bicyclic) bond motifs is 2. The molecular weight excluding hydrogens is 829 g/mol. The number of hydrogen-bond acceptors (Lipinski definition) is 12. The van der Waals surface area contributed by atoms with Crippen molar-refractivity contribution in [2.45, 2.75) is 129 Å². The number of ether oxygens (including phenoxy) is 5. The Balaban J connectivity index is 1.47. The van der Waals surface area contributed by atoms with Crippen LogP contribution in [0, 0.1) is 41.6 Å². The van der Waals surface area contributed by atoms with Crippen LogP contribution in [0.1, 0.15) is 115 Å². The van der Waals surface area contributed by atoms with Gasteiger partial charge in [0.2, 0.25) is 5.91 Å². The minimum atomic E-state index is -1.85. The third-order valence-electron chi connectivity index (χ3n) is 14.6. The number of nitrogens with zero attached hydrogens (tertiary/aromatic N) is 4. The Hall–Kier alpha value is -5.57. The molecule has 0 N–H and O–H groups in total. The number of amides is 1. The summed E-state index contributed by atoms with van der Waals surface area (Å²) in [5, 5.41) is 10.5. The van der Waals surface area contributed by atoms with E-state index in [2.05, 4.69) is 21.9 Å². The Kier molecular flexibility index (Phi) is 12.9. The summed E-state index contributed by atoms with van der Waals surface area (Å²) >= 11 is 0. The molecule has 14 nitrogen and oxygen atoms in total. The molecule has 0 aromatic heterocycles. The summed E-state index contributed by atoms with van der Waals surface area (Å²) in [7, 11) is 3.25. The first-order valence-electron chi connectivity index (χ1n) is 22.7. The van der Waals surface area contributed by atoms with E-state index >= 15 is 9.59 Å². The lowest BCUT2D eigenvalue weighted by atomic mass is 9.42. The SMILES string of the molecule is [C-]#[N+]C(C#N)C1C2CC3C(C)(C)OC(C/C=C(/C)C(=O)OC)(C2=O)C32Oc3c(CC=C(C)C)c4c(c(OC(=O)CCC(=O)N5CCN(C)CC5)c3C(=O)C12)C=CC(C)(CCC=C(C)C)O4. The van der Waals surface area contributed by atoms with Gasteiger partial charge in [0.1, 0.15) is 22.7 Å². The van der Waals surface area contributed by atoms with Crippen LogP contribution < -0.4 is 14.2 Å². The smallest absolute Gasteiger partial charge is 0.333 e. The van der Waals surface area contributed by atoms with E-state index in [1.165, 1.54) is 7.11 Å². The number of carbonyl (C=O) groups is 5. The van der Waals surface area contributed by atoms with Crippen LogP contribution in [0.15, 0.2) is 41.0 Å². The van der Waals surface area contributed by atoms with Crippen LogP contribution in [0.5, 0.6) is 17.2 Å². The average molecular weight is 891 g/mol. The summed E-state index contributed by atoms with van der Waals surface area (Å²) in [4.78, 5) is 79.3. The lowest BCUT2D eigenvalue weighted by Gasteiger charge is -2.62. The van der Waals surface area contributed by atoms with Crippen molar-refractivity contribution in [1.29, 1.82) is 5.26 Å². The zero-order valence-corrected chi connectivity index (χ0v) is 39.4. The van der Waals surface area contributed by atoms with Crippen LogP contribution in [0.3, 0.4) is 0 Å². The lowest BCUT2D eigenvalue weighted by Crippen LogP contribution is -2.79. The average Bonchev–Trinajstić information content (AvgIpc) is 3.40. The Bertz CT molecular complexity index is 2390. The van der Waals surface area contributed by atoms with Crippen LogP contribution in [0.4, 0.5) is 0 Å². The number of likely N-dealkylation sites (N-methyl/N-ethyl adjacent to an activating group) is 1. The number of esters is 2. The largest absolute Gasteiger partial charge is 0.482 e. The zero-order chi connectivity index (χ0) is 47.4. The highest BCUT2D eigenvalue weighted by Crippen LogP contribution is 2.72. The minimum absolute atomic E-state index is 0.0584. The molecule has 7 aliphatic rings. The second kappa shape index (κ2) is 17.7. The number of nitriles is 1. The van der Waals surface area contributed by atoms with E-state index in [9.17, 15) is 19.6 Å². The van der Waals surface area contributed by atoms with Crippen LogP contribution in [0.25, 0.3) is 10.9 Å². The first kappa shape index (κ1) is 47.4. The number of allylic oxidation sites excluding steroid dienone is 4. The standard InChI is InChI=1S/C51H62N4O10/c1-29(2)13-12-20-49(8)21-19-33-43(63-49)32(15-14-30(3)4)45-40(44(33)62-38(57)17-16-37(56)55-25-23-54(10)24-26-55)42(58)41-39(35(28-52)53-9)34-27-36-48(6,7)65-50(46(34)59,51(36,41)64-45)22-18-31(5)47(60)61-11/h13-14,18-19,21,34-36,39,41H,12,15-17,20,22-27H2,1-8,10-11H3/b31-18-. The maximum absolute atomic E-state index is 16.2. The molecule has 3 saturated carbocycles. The molecule has 3 aliphatic carbocycles. The first-order valence-corrected chi connectivity index (χ1v) is 22.7. The van der Waals surface area contributed by atoms with Gasteiger partial charge in [-0.3, -0.25) is 24.0 Å². The Morgan fingerprint density at radius 3 is 2.32 bits per heavy atom. The minimum Gasteiger partial charge on any atom is -0.482 e. The molecule has 8 atom stereocenters. The fourth-order valence-corrected chi connectivity index (χ4v) is 11.3. The monoisotopic (exact) mass is 890 g/mol. The van der Waals surface area contributed by atoms with Crippen molar-refractivity contribution in [1.82, 2.24) is 9.80 Å². The van der Waals surface area contributed by atoms with Gasteiger partial charge in [-0.05, 0) is 100 Å². The van der Waals surface area contributed by atoms with Crippen molar-refractivity contribution in [2.75, 3.05) is 40.3 Å². The predicted molar refractivity (Wildman–Crippen MR) is 241 cm³/mol. The van der Waals surface area contributed by atoms with Crippen molar-refractivity contribution in [3.8, 4) is 23.3 Å². The van der Waals surface area contributed by atoms with Gasteiger partial charge in [-0.15, -0.1) is 0 Å². The van der Waals surface area contributed by atoms with Gasteiger partial charge in [-0.2, -0.15) is 5.26 Å². The van der Waals surface area contributed by atoms with Gasteiger partial charge >= 0.3 is 18.0 Å². The van der Waals surface area contributed by atoms with Gasteiger partial charge in [0.25, 0.3) is 0 Å². The molecule has 4 bridgehead atoms. The fraction of sp³-hybridized carbons (Fsp3) is 0.588. The van der Waals surface area contributed by atoms with Gasteiger partial charge in [-0.25, -0.2) is 11.4 Å². The third kappa shape index (κ3) is 8.01. The molecule has 4 heterocycles. The number of carbonyl (C=O) groups excluding carboxylic acids is 5. The molecular formula is C51H62N4O10. The Morgan fingerprint density at radius 1 is 1.00 bits per heavy atom. The zero-order valence-electron chi connectivity index (χ0n) is 39.4. The van der Waals surface area contributed by atoms with Crippen molar-refractivity contribution in [3.05, 3.63) is 69.1 Å². The summed E-state index contributed by atoms with van der Waals surface area (Å²) in [6, 6.07) is 0.684. The summed E-state index contributed by atoms with van der Waals surface area (Å²) in [5.41, 5.74) is -2.43. The first-order chi connectivity index (χ1) is 30.7. The van der Waals surface area contributed by atoms with Crippen LogP contribution >= 0.6 is 0 Å². The second-order valence-electron chi connectivity index (χ2n) is 19.9. The van der Waals surface area contributed by atoms with Gasteiger partial charge in [0.05, 0.1) is 36.5 Å². The van der Waals surface area contributed by atoms with Crippen LogP contribution in [-0.4, -0.2) is 108 Å². The maximum Gasteiger partial charge on any atom is 0.333 e. The van der Waals surface area contributed by atoms with E-state index in [0.717, 1.165) is 24.2 Å². The number of benzene rings is 1. The van der Waals surface area contributed by atoms with Crippen molar-refractivity contribution in [2.24, 2.45) is 23.7 Å². The summed E-state index contributed by atoms with van der Waals surface area (Å²) in [6.45, 7) is 25.9. The van der Waals surface area contributed by atoms with E-state index in [1.54, 1.807) is 17.9 Å². The number of methoxy groups -OCH3 is 1.